The molecule has 1 aliphatic rings. The van der Waals surface area contributed by atoms with Crippen LogP contribution in [-0.4, -0.2) is 39.5 Å². The van der Waals surface area contributed by atoms with E-state index in [1.807, 2.05) is 0 Å². The Hall–Kier alpha value is -2.93. The highest BCUT2D eigenvalue weighted by Gasteiger charge is 2.41. The van der Waals surface area contributed by atoms with Gasteiger partial charge in [0.25, 0.3) is 5.91 Å². The number of fused-ring (bicyclic) bond motifs is 1. The minimum atomic E-state index is -1.20. The van der Waals surface area contributed by atoms with Gasteiger partial charge >= 0.3 is 0 Å². The minimum Gasteiger partial charge on any atom is -0.497 e. The molecule has 1 heterocycles. The summed E-state index contributed by atoms with van der Waals surface area (Å²) in [5, 5.41) is 10.8. The van der Waals surface area contributed by atoms with Gasteiger partial charge in [0.05, 0.1) is 39.6 Å². The van der Waals surface area contributed by atoms with E-state index in [1.165, 1.54) is 26.2 Å². The number of carbonyl (C=O) groups excluding carboxylic acids is 1. The number of anilines is 1. The van der Waals surface area contributed by atoms with Crippen LogP contribution in [0.15, 0.2) is 30.3 Å². The fourth-order valence-electron chi connectivity index (χ4n) is 2.98. The van der Waals surface area contributed by atoms with Crippen LogP contribution in [0.1, 0.15) is 22.1 Å². The van der Waals surface area contributed by atoms with Gasteiger partial charge in [-0.2, -0.15) is 0 Å². The first kappa shape index (κ1) is 16.9. The lowest BCUT2D eigenvalue weighted by Crippen LogP contribution is -2.27. The molecule has 7 nitrogen and oxygen atoms in total. The number of ether oxygens (including phenoxy) is 4. The van der Waals surface area contributed by atoms with Crippen molar-refractivity contribution in [2.24, 2.45) is 0 Å². The van der Waals surface area contributed by atoms with Gasteiger partial charge in [0.1, 0.15) is 5.75 Å². The van der Waals surface area contributed by atoms with E-state index in [0.29, 0.717) is 34.1 Å². The largest absolute Gasteiger partial charge is 0.497 e. The third kappa shape index (κ3) is 2.53. The molecule has 2 aromatic rings. The van der Waals surface area contributed by atoms with Crippen molar-refractivity contribution in [2.75, 3.05) is 33.3 Å². The second-order valence-electron chi connectivity index (χ2n) is 5.35. The van der Waals surface area contributed by atoms with Gasteiger partial charge < -0.3 is 24.1 Å². The Balaban J connectivity index is 2.13. The van der Waals surface area contributed by atoms with Crippen LogP contribution >= 0.6 is 0 Å². The summed E-state index contributed by atoms with van der Waals surface area (Å²) in [4.78, 5) is 14.2. The van der Waals surface area contributed by atoms with Gasteiger partial charge in [-0.1, -0.05) is 0 Å². The molecule has 1 aliphatic heterocycles. The van der Waals surface area contributed by atoms with Crippen LogP contribution in [-0.2, 0) is 0 Å². The van der Waals surface area contributed by atoms with Gasteiger partial charge in [0.2, 0.25) is 5.75 Å². The highest BCUT2D eigenvalue weighted by molar-refractivity contribution is 6.12. The first-order chi connectivity index (χ1) is 12.1. The number of rotatable bonds is 5. The Labute approximate surface area is 145 Å². The van der Waals surface area contributed by atoms with Crippen molar-refractivity contribution in [1.29, 1.82) is 0 Å². The van der Waals surface area contributed by atoms with E-state index in [2.05, 4.69) is 0 Å². The van der Waals surface area contributed by atoms with Gasteiger partial charge in [0, 0.05) is 5.69 Å². The Morgan fingerprint density at radius 3 is 2.08 bits per heavy atom. The summed E-state index contributed by atoms with van der Waals surface area (Å²) >= 11 is 0. The zero-order valence-electron chi connectivity index (χ0n) is 14.4. The molecule has 3 rings (SSSR count). The molecule has 2 aromatic carbocycles. The average Bonchev–Trinajstić information content (AvgIpc) is 2.90. The Bertz CT molecular complexity index is 802. The van der Waals surface area contributed by atoms with Crippen LogP contribution in [0.2, 0.25) is 0 Å². The molecule has 1 amide bonds. The van der Waals surface area contributed by atoms with E-state index in [1.54, 1.807) is 37.4 Å². The zero-order chi connectivity index (χ0) is 18.1. The summed E-state index contributed by atoms with van der Waals surface area (Å²) < 4.78 is 21.1. The van der Waals surface area contributed by atoms with Gasteiger partial charge in [-0.25, -0.2) is 0 Å². The SMILES string of the molecule is COc1ccc(N2C(=O)c3cc(OC)c(OC)c(OC)c3C2O)cc1. The molecule has 1 N–H and O–H groups in total. The van der Waals surface area contributed by atoms with Gasteiger partial charge in [0.15, 0.2) is 17.7 Å². The van der Waals surface area contributed by atoms with Gasteiger partial charge in [-0.3, -0.25) is 9.69 Å². The molecule has 0 saturated heterocycles. The normalized spacial score (nSPS) is 15.8. The number of hydrogen-bond donors (Lipinski definition) is 1. The number of carbonyl (C=O) groups is 1. The van der Waals surface area contributed by atoms with Crippen molar-refractivity contribution in [3.05, 3.63) is 41.5 Å². The Morgan fingerprint density at radius 1 is 0.920 bits per heavy atom. The van der Waals surface area contributed by atoms with Crippen molar-refractivity contribution in [3.63, 3.8) is 0 Å². The van der Waals surface area contributed by atoms with Gasteiger partial charge in [-0.15, -0.1) is 0 Å². The highest BCUT2D eigenvalue weighted by atomic mass is 16.5. The number of methoxy groups -OCH3 is 4. The molecule has 1 atom stereocenters. The summed E-state index contributed by atoms with van der Waals surface area (Å²) in [6, 6.07) is 8.39. The first-order valence-corrected chi connectivity index (χ1v) is 7.55. The van der Waals surface area contributed by atoms with E-state index in [9.17, 15) is 9.90 Å². The Kier molecular flexibility index (Phi) is 4.41. The Morgan fingerprint density at radius 2 is 1.56 bits per heavy atom. The van der Waals surface area contributed by atoms with E-state index in [-0.39, 0.29) is 11.7 Å². The molecule has 7 heteroatoms. The molecule has 0 bridgehead atoms. The molecule has 0 radical (unpaired) electrons. The monoisotopic (exact) mass is 345 g/mol. The van der Waals surface area contributed by atoms with Crippen LogP contribution in [0.3, 0.4) is 0 Å². The lowest BCUT2D eigenvalue weighted by molar-refractivity contribution is 0.0934. The lowest BCUT2D eigenvalue weighted by atomic mass is 10.1. The number of aliphatic hydroxyl groups is 1. The summed E-state index contributed by atoms with van der Waals surface area (Å²) in [6.45, 7) is 0. The summed E-state index contributed by atoms with van der Waals surface area (Å²) in [5.74, 6) is 1.26. The summed E-state index contributed by atoms with van der Waals surface area (Å²) in [6.07, 6.45) is -1.20. The fourth-order valence-corrected chi connectivity index (χ4v) is 2.98. The molecule has 0 aromatic heterocycles. The van der Waals surface area contributed by atoms with Crippen molar-refractivity contribution in [2.45, 2.75) is 6.23 Å². The van der Waals surface area contributed by atoms with Gasteiger partial charge in [-0.05, 0) is 30.3 Å². The lowest BCUT2D eigenvalue weighted by Gasteiger charge is -2.22. The molecular formula is C18H19NO6. The molecule has 25 heavy (non-hydrogen) atoms. The molecule has 132 valence electrons. The van der Waals surface area contributed by atoms with Crippen LogP contribution in [0.25, 0.3) is 0 Å². The van der Waals surface area contributed by atoms with Crippen molar-refractivity contribution >= 4 is 11.6 Å². The van der Waals surface area contributed by atoms with E-state index < -0.39 is 6.23 Å². The quantitative estimate of drug-likeness (QED) is 0.896. The van der Waals surface area contributed by atoms with Crippen molar-refractivity contribution in [3.8, 4) is 23.0 Å². The minimum absolute atomic E-state index is 0.272. The molecule has 0 fully saturated rings. The topological polar surface area (TPSA) is 77.5 Å². The summed E-state index contributed by atoms with van der Waals surface area (Å²) in [7, 11) is 5.95. The maximum Gasteiger partial charge on any atom is 0.261 e. The third-order valence-electron chi connectivity index (χ3n) is 4.17. The molecule has 1 unspecified atom stereocenters. The number of hydrogen-bond acceptors (Lipinski definition) is 6. The third-order valence-corrected chi connectivity index (χ3v) is 4.17. The molecule has 0 saturated carbocycles. The fraction of sp³-hybridized carbons (Fsp3) is 0.278. The second-order valence-corrected chi connectivity index (χ2v) is 5.35. The van der Waals surface area contributed by atoms with E-state index in [4.69, 9.17) is 18.9 Å². The first-order valence-electron chi connectivity index (χ1n) is 7.55. The van der Waals surface area contributed by atoms with Crippen molar-refractivity contribution < 1.29 is 28.8 Å². The molecule has 0 spiro atoms. The molecule has 0 aliphatic carbocycles. The number of nitrogens with zero attached hydrogens (tertiary/aromatic N) is 1. The predicted molar refractivity (Wildman–Crippen MR) is 90.9 cm³/mol. The summed E-state index contributed by atoms with van der Waals surface area (Å²) in [5.41, 5.74) is 1.19. The molecular weight excluding hydrogens is 326 g/mol. The van der Waals surface area contributed by atoms with Crippen LogP contribution in [0.4, 0.5) is 5.69 Å². The number of benzene rings is 2. The van der Waals surface area contributed by atoms with E-state index in [0.717, 1.165) is 0 Å². The number of amides is 1. The van der Waals surface area contributed by atoms with Crippen LogP contribution < -0.4 is 23.8 Å². The van der Waals surface area contributed by atoms with E-state index >= 15 is 0 Å². The van der Waals surface area contributed by atoms with Crippen molar-refractivity contribution in [1.82, 2.24) is 0 Å². The smallest absolute Gasteiger partial charge is 0.261 e. The van der Waals surface area contributed by atoms with Crippen LogP contribution in [0, 0.1) is 0 Å². The predicted octanol–water partition coefficient (Wildman–Crippen LogP) is 2.37. The maximum absolute atomic E-state index is 12.9. The number of aliphatic hydroxyl groups excluding tert-OH is 1. The average molecular weight is 345 g/mol. The second kappa shape index (κ2) is 6.52. The van der Waals surface area contributed by atoms with Crippen LogP contribution in [0.5, 0.6) is 23.0 Å². The zero-order valence-corrected chi connectivity index (χ0v) is 14.4. The maximum atomic E-state index is 12.9. The standard InChI is InChI=1S/C18H19NO6/c1-22-11-7-5-10(6-8-11)19-17(20)12-9-13(23-2)15(24-3)16(25-4)14(12)18(19)21/h5-9,18,21H,1-4H3. The highest BCUT2D eigenvalue weighted by Crippen LogP contribution is 2.49.